The predicted molar refractivity (Wildman–Crippen MR) is 271 cm³/mol. The minimum absolute atomic E-state index is 0.145. The second-order valence-corrected chi connectivity index (χ2v) is 20.8. The standard InChI is InChI=1S/C29H32FN5O2S.C24H24FN5S/c1-29(2,3)37-28(36)35-15-13-34(14-16-35)22-11-7-19-8-12-24(23(19)17-22)33(4)27-32-26(25(18-31)38-27)20-5-9-21(30)10-6-20;1-29(24-28-23(22(15-26)31-24)17-2-6-18(25)7-3-17)21-9-5-16-4-8-19(14-20(16)21)30-12-10-27-11-13-30/h5-7,9-11,17,24H,8,12-16H2,1-4H3;2-4,6-8,14,21,27H,5,9-13H2,1H3. The van der Waals surface area contributed by atoms with Crippen molar-refractivity contribution in [3.8, 4) is 34.7 Å². The molecular formula is C53H56F2N10O2S2. The van der Waals surface area contributed by atoms with E-state index in [1.54, 1.807) is 29.2 Å². The number of hydrogen-bond acceptors (Lipinski definition) is 13. The first kappa shape index (κ1) is 47.5. The van der Waals surface area contributed by atoms with Crippen molar-refractivity contribution in [2.24, 2.45) is 0 Å². The van der Waals surface area contributed by atoms with Crippen LogP contribution in [0.25, 0.3) is 22.5 Å². The largest absolute Gasteiger partial charge is 0.444 e. The highest BCUT2D eigenvalue weighted by molar-refractivity contribution is 7.16. The molecule has 2 fully saturated rings. The molecule has 0 spiro atoms. The first-order chi connectivity index (χ1) is 33.3. The molecule has 356 valence electrons. The number of nitriles is 2. The maximum Gasteiger partial charge on any atom is 0.410 e. The molecule has 0 radical (unpaired) electrons. The summed E-state index contributed by atoms with van der Waals surface area (Å²) < 4.78 is 32.3. The summed E-state index contributed by atoms with van der Waals surface area (Å²) in [4.78, 5) is 34.0. The quantitative estimate of drug-likeness (QED) is 0.157. The highest BCUT2D eigenvalue weighted by Crippen LogP contribution is 2.44. The van der Waals surface area contributed by atoms with Gasteiger partial charge in [0.2, 0.25) is 0 Å². The maximum atomic E-state index is 13.4. The third-order valence-corrected chi connectivity index (χ3v) is 15.4. The number of hydrogen-bond donors (Lipinski definition) is 1. The second kappa shape index (κ2) is 20.2. The number of aryl methyl sites for hydroxylation is 2. The summed E-state index contributed by atoms with van der Waals surface area (Å²) in [5.74, 6) is -0.609. The topological polar surface area (TPSA) is 128 Å². The number of nitrogens with one attached hydrogen (secondary N) is 1. The van der Waals surface area contributed by atoms with E-state index in [-0.39, 0.29) is 29.8 Å². The number of nitrogens with zero attached hydrogens (tertiary/aromatic N) is 9. The second-order valence-electron chi connectivity index (χ2n) is 18.9. The van der Waals surface area contributed by atoms with Crippen molar-refractivity contribution in [2.75, 3.05) is 86.1 Å². The van der Waals surface area contributed by atoms with Gasteiger partial charge in [-0.2, -0.15) is 10.5 Å². The third-order valence-electron chi connectivity index (χ3n) is 13.3. The summed E-state index contributed by atoms with van der Waals surface area (Å²) in [7, 11) is 4.09. The van der Waals surface area contributed by atoms with Crippen LogP contribution in [-0.2, 0) is 17.6 Å². The number of carbonyl (C=O) groups excluding carboxylic acids is 1. The molecule has 69 heavy (non-hydrogen) atoms. The summed E-state index contributed by atoms with van der Waals surface area (Å²) in [6, 6.07) is 30.7. The molecule has 12 nitrogen and oxygen atoms in total. The Morgan fingerprint density at radius 3 is 1.54 bits per heavy atom. The Labute approximate surface area is 411 Å². The van der Waals surface area contributed by atoms with Crippen molar-refractivity contribution >= 4 is 50.4 Å². The summed E-state index contributed by atoms with van der Waals surface area (Å²) in [6.07, 6.45) is 3.78. The fraction of sp³-hybridized carbons (Fsp3) is 0.377. The van der Waals surface area contributed by atoms with Gasteiger partial charge in [-0.25, -0.2) is 23.5 Å². The number of amides is 1. The smallest absolute Gasteiger partial charge is 0.410 e. The molecule has 10 rings (SSSR count). The van der Waals surface area contributed by atoms with E-state index in [0.717, 1.165) is 92.0 Å². The zero-order valence-electron chi connectivity index (χ0n) is 39.6. The van der Waals surface area contributed by atoms with Crippen LogP contribution >= 0.6 is 22.7 Å². The Balaban J connectivity index is 0.000000175. The van der Waals surface area contributed by atoms with E-state index in [4.69, 9.17) is 14.7 Å². The highest BCUT2D eigenvalue weighted by atomic mass is 32.1. The average Bonchev–Trinajstić information content (AvgIpc) is 4.19. The first-order valence-electron chi connectivity index (χ1n) is 23.5. The van der Waals surface area contributed by atoms with Gasteiger partial charge in [-0.15, -0.1) is 0 Å². The lowest BCUT2D eigenvalue weighted by molar-refractivity contribution is 0.0240. The van der Waals surface area contributed by atoms with Crippen LogP contribution in [-0.4, -0.2) is 93.0 Å². The SMILES string of the molecule is CN(c1nc(-c2ccc(F)cc2)c(C#N)s1)C1CCc2ccc(N3CCN(C(=O)OC(C)(C)C)CC3)cc21.CN(c1nc(-c2ccc(F)cc2)c(C#N)s1)C1CCc2ccc(N3CCNCC3)cc21. The molecule has 1 amide bonds. The van der Waals surface area contributed by atoms with Crippen LogP contribution in [0.15, 0.2) is 84.9 Å². The molecule has 6 aromatic rings. The van der Waals surface area contributed by atoms with Crippen molar-refractivity contribution in [1.29, 1.82) is 10.5 Å². The maximum absolute atomic E-state index is 13.4. The Bertz CT molecular complexity index is 2890. The molecule has 4 aromatic carbocycles. The summed E-state index contributed by atoms with van der Waals surface area (Å²) in [6.45, 7) is 12.5. The lowest BCUT2D eigenvalue weighted by Crippen LogP contribution is -2.50. The van der Waals surface area contributed by atoms with Gasteiger partial charge in [-0.05, 0) is 142 Å². The van der Waals surface area contributed by atoms with Crippen LogP contribution in [0.5, 0.6) is 0 Å². The van der Waals surface area contributed by atoms with E-state index in [1.807, 2.05) is 27.8 Å². The lowest BCUT2D eigenvalue weighted by atomic mass is 10.1. The number of fused-ring (bicyclic) bond motifs is 2. The van der Waals surface area contributed by atoms with Crippen molar-refractivity contribution < 1.29 is 18.3 Å². The van der Waals surface area contributed by atoms with Crippen LogP contribution < -0.4 is 24.9 Å². The molecule has 0 bridgehead atoms. The minimum Gasteiger partial charge on any atom is -0.444 e. The number of halogens is 2. The zero-order chi connectivity index (χ0) is 48.4. The zero-order valence-corrected chi connectivity index (χ0v) is 41.3. The van der Waals surface area contributed by atoms with Crippen LogP contribution in [0.3, 0.4) is 0 Å². The van der Waals surface area contributed by atoms with Crippen LogP contribution in [0.2, 0.25) is 0 Å². The molecule has 4 heterocycles. The van der Waals surface area contributed by atoms with Crippen molar-refractivity contribution in [2.45, 2.75) is 64.1 Å². The summed E-state index contributed by atoms with van der Waals surface area (Å²) >= 11 is 2.77. The van der Waals surface area contributed by atoms with Gasteiger partial charge in [-0.3, -0.25) is 0 Å². The van der Waals surface area contributed by atoms with Crippen LogP contribution in [0.4, 0.5) is 35.2 Å². The van der Waals surface area contributed by atoms with Crippen molar-refractivity contribution in [3.05, 3.63) is 129 Å². The number of aromatic nitrogens is 2. The fourth-order valence-electron chi connectivity index (χ4n) is 9.67. The molecular weight excluding hydrogens is 911 g/mol. The summed E-state index contributed by atoms with van der Waals surface area (Å²) in [5.41, 5.74) is 10.0. The van der Waals surface area contributed by atoms with E-state index in [2.05, 4.69) is 80.5 Å². The normalized spacial score (nSPS) is 17.6. The van der Waals surface area contributed by atoms with E-state index in [0.29, 0.717) is 34.2 Å². The first-order valence-corrected chi connectivity index (χ1v) is 25.1. The number of ether oxygens (including phenoxy) is 1. The molecule has 2 saturated heterocycles. The molecule has 2 atom stereocenters. The monoisotopic (exact) mass is 966 g/mol. The average molecular weight is 967 g/mol. The van der Waals surface area contributed by atoms with Gasteiger partial charge in [0.05, 0.1) is 12.1 Å². The highest BCUT2D eigenvalue weighted by Gasteiger charge is 2.32. The molecule has 4 aliphatic rings. The van der Waals surface area contributed by atoms with Gasteiger partial charge >= 0.3 is 6.09 Å². The van der Waals surface area contributed by atoms with Gasteiger partial charge in [0.1, 0.15) is 50.5 Å². The molecule has 0 saturated carbocycles. The number of rotatable bonds is 8. The molecule has 2 aliphatic carbocycles. The molecule has 16 heteroatoms. The van der Waals surface area contributed by atoms with Crippen LogP contribution in [0, 0.1) is 34.3 Å². The van der Waals surface area contributed by atoms with E-state index in [9.17, 15) is 24.1 Å². The molecule has 2 aliphatic heterocycles. The van der Waals surface area contributed by atoms with E-state index < -0.39 is 5.60 Å². The number of carbonyl (C=O) groups is 1. The number of thiazole rings is 2. The van der Waals surface area contributed by atoms with Gasteiger partial charge in [0, 0.05) is 89.0 Å². The molecule has 1 N–H and O–H groups in total. The van der Waals surface area contributed by atoms with E-state index in [1.165, 1.54) is 74.9 Å². The Hall–Kier alpha value is -6.59. The number of piperazine rings is 2. The minimum atomic E-state index is -0.500. The van der Waals surface area contributed by atoms with Gasteiger partial charge < -0.3 is 34.6 Å². The van der Waals surface area contributed by atoms with Gasteiger partial charge in [0.15, 0.2) is 10.3 Å². The Kier molecular flexibility index (Phi) is 13.9. The van der Waals surface area contributed by atoms with Gasteiger partial charge in [-0.1, -0.05) is 34.8 Å². The number of benzene rings is 4. The van der Waals surface area contributed by atoms with Crippen molar-refractivity contribution in [3.63, 3.8) is 0 Å². The van der Waals surface area contributed by atoms with Gasteiger partial charge in [0.25, 0.3) is 0 Å². The molecule has 2 aromatic heterocycles. The van der Waals surface area contributed by atoms with Crippen LogP contribution in [0.1, 0.15) is 77.7 Å². The number of anilines is 4. The Morgan fingerprint density at radius 1 is 0.681 bits per heavy atom. The van der Waals surface area contributed by atoms with E-state index >= 15 is 0 Å². The Morgan fingerprint density at radius 2 is 1.12 bits per heavy atom. The summed E-state index contributed by atoms with van der Waals surface area (Å²) in [5, 5.41) is 24.4. The third kappa shape index (κ3) is 10.4. The fourth-order valence-corrected chi connectivity index (χ4v) is 11.5. The lowest BCUT2D eigenvalue weighted by Gasteiger charge is -2.37. The van der Waals surface area contributed by atoms with Crippen molar-refractivity contribution in [1.82, 2.24) is 20.2 Å². The predicted octanol–water partition coefficient (Wildman–Crippen LogP) is 10.4. The molecule has 2 unspecified atom stereocenters.